The predicted octanol–water partition coefficient (Wildman–Crippen LogP) is 0.0815. The normalized spacial score (nSPS) is 16.9. The molecule has 1 aromatic carbocycles. The van der Waals surface area contributed by atoms with Crippen molar-refractivity contribution in [3.05, 3.63) is 29.8 Å². The Kier molecular flexibility index (Phi) is 2.99. The van der Waals surface area contributed by atoms with Gasteiger partial charge in [0.15, 0.2) is 0 Å². The predicted molar refractivity (Wildman–Crippen MR) is 59.6 cm³/mol. The quantitative estimate of drug-likeness (QED) is 0.719. The Labute approximate surface area is 89.1 Å². The third-order valence-corrected chi connectivity index (χ3v) is 2.55. The summed E-state index contributed by atoms with van der Waals surface area (Å²) in [6.07, 6.45) is 0. The van der Waals surface area contributed by atoms with Crippen LogP contribution in [0.4, 0.5) is 5.69 Å². The molecule has 4 nitrogen and oxygen atoms in total. The lowest BCUT2D eigenvalue weighted by molar-refractivity contribution is -0.118. The number of nitrogens with zero attached hydrogens (tertiary/aromatic N) is 1. The van der Waals surface area contributed by atoms with Gasteiger partial charge < -0.3 is 16.0 Å². The summed E-state index contributed by atoms with van der Waals surface area (Å²) in [6, 6.07) is 7.83. The van der Waals surface area contributed by atoms with Crippen molar-refractivity contribution in [3.8, 4) is 0 Å². The first-order chi connectivity index (χ1) is 7.31. The van der Waals surface area contributed by atoms with Crippen molar-refractivity contribution in [2.45, 2.75) is 6.54 Å². The van der Waals surface area contributed by atoms with Gasteiger partial charge in [-0.2, -0.15) is 0 Å². The highest BCUT2D eigenvalue weighted by molar-refractivity contribution is 5.95. The topological polar surface area (TPSA) is 58.4 Å². The average Bonchev–Trinajstić information content (AvgIpc) is 2.30. The molecule has 0 aromatic heterocycles. The Hall–Kier alpha value is -1.39. The number of nitrogens with one attached hydrogen (secondary N) is 1. The summed E-state index contributed by atoms with van der Waals surface area (Å²) in [6.45, 7) is 2.51. The molecule has 1 aliphatic rings. The van der Waals surface area contributed by atoms with Gasteiger partial charge in [0.25, 0.3) is 0 Å². The Morgan fingerprint density at radius 2 is 2.33 bits per heavy atom. The molecule has 0 unspecified atom stereocenters. The van der Waals surface area contributed by atoms with Gasteiger partial charge in [0.2, 0.25) is 5.91 Å². The van der Waals surface area contributed by atoms with Crippen LogP contribution < -0.4 is 16.0 Å². The van der Waals surface area contributed by atoms with Crippen LogP contribution in [0, 0.1) is 0 Å². The van der Waals surface area contributed by atoms with Gasteiger partial charge >= 0.3 is 0 Å². The third-order valence-electron chi connectivity index (χ3n) is 2.55. The van der Waals surface area contributed by atoms with E-state index in [1.807, 2.05) is 24.3 Å². The SMILES string of the molecule is NCc1cccc(N2CCNCC2=O)c1. The molecule has 1 aliphatic heterocycles. The number of carbonyl (C=O) groups excluding carboxylic acids is 1. The van der Waals surface area contributed by atoms with Crippen LogP contribution in [0.25, 0.3) is 0 Å². The van der Waals surface area contributed by atoms with E-state index in [9.17, 15) is 4.79 Å². The average molecular weight is 205 g/mol. The Morgan fingerprint density at radius 3 is 3.07 bits per heavy atom. The smallest absolute Gasteiger partial charge is 0.240 e. The van der Waals surface area contributed by atoms with Gasteiger partial charge in [-0.15, -0.1) is 0 Å². The van der Waals surface area contributed by atoms with Crippen molar-refractivity contribution >= 4 is 11.6 Å². The number of rotatable bonds is 2. The lowest BCUT2D eigenvalue weighted by Crippen LogP contribution is -2.48. The third kappa shape index (κ3) is 2.16. The Bertz CT molecular complexity index is 365. The number of piperazine rings is 1. The van der Waals surface area contributed by atoms with E-state index in [-0.39, 0.29) is 5.91 Å². The zero-order valence-electron chi connectivity index (χ0n) is 8.57. The largest absolute Gasteiger partial charge is 0.326 e. The molecule has 1 heterocycles. The first kappa shape index (κ1) is 10.1. The van der Waals surface area contributed by atoms with Crippen molar-refractivity contribution in [2.75, 3.05) is 24.5 Å². The number of carbonyl (C=O) groups is 1. The second kappa shape index (κ2) is 4.42. The molecular formula is C11H15N3O. The summed E-state index contributed by atoms with van der Waals surface area (Å²) in [7, 11) is 0. The maximum atomic E-state index is 11.6. The molecule has 1 amide bonds. The summed E-state index contributed by atoms with van der Waals surface area (Å²) in [5, 5.41) is 3.05. The van der Waals surface area contributed by atoms with E-state index in [2.05, 4.69) is 5.32 Å². The molecule has 0 bridgehead atoms. The van der Waals surface area contributed by atoms with Gasteiger partial charge in [-0.05, 0) is 17.7 Å². The molecule has 0 aliphatic carbocycles. The minimum atomic E-state index is 0.121. The van der Waals surface area contributed by atoms with E-state index in [1.165, 1.54) is 0 Å². The van der Waals surface area contributed by atoms with Gasteiger partial charge in [0.05, 0.1) is 6.54 Å². The van der Waals surface area contributed by atoms with Gasteiger partial charge in [-0.25, -0.2) is 0 Å². The molecule has 2 rings (SSSR count). The Balaban J connectivity index is 2.23. The van der Waals surface area contributed by atoms with Gasteiger partial charge in [0, 0.05) is 25.3 Å². The molecular weight excluding hydrogens is 190 g/mol. The standard InChI is InChI=1S/C11H15N3O/c12-7-9-2-1-3-10(6-9)14-5-4-13-8-11(14)15/h1-3,6,13H,4-5,7-8,12H2. The van der Waals surface area contributed by atoms with Crippen LogP contribution >= 0.6 is 0 Å². The van der Waals surface area contributed by atoms with E-state index >= 15 is 0 Å². The molecule has 15 heavy (non-hydrogen) atoms. The van der Waals surface area contributed by atoms with E-state index in [4.69, 9.17) is 5.73 Å². The molecule has 4 heteroatoms. The first-order valence-electron chi connectivity index (χ1n) is 5.11. The number of anilines is 1. The Morgan fingerprint density at radius 1 is 1.47 bits per heavy atom. The number of benzene rings is 1. The van der Waals surface area contributed by atoms with Crippen LogP contribution in [0.5, 0.6) is 0 Å². The van der Waals surface area contributed by atoms with Crippen molar-refractivity contribution in [3.63, 3.8) is 0 Å². The second-order valence-corrected chi connectivity index (χ2v) is 3.60. The second-order valence-electron chi connectivity index (χ2n) is 3.60. The number of hydrogen-bond donors (Lipinski definition) is 2. The van der Waals surface area contributed by atoms with Crippen LogP contribution in [-0.2, 0) is 11.3 Å². The molecule has 0 radical (unpaired) electrons. The van der Waals surface area contributed by atoms with Crippen molar-refractivity contribution in [1.29, 1.82) is 0 Å². The van der Waals surface area contributed by atoms with E-state index in [0.29, 0.717) is 13.1 Å². The van der Waals surface area contributed by atoms with E-state index in [1.54, 1.807) is 4.90 Å². The van der Waals surface area contributed by atoms with Crippen molar-refractivity contribution in [2.24, 2.45) is 5.73 Å². The summed E-state index contributed by atoms with van der Waals surface area (Å²) in [5.41, 5.74) is 7.57. The van der Waals surface area contributed by atoms with Crippen LogP contribution in [0.3, 0.4) is 0 Å². The molecule has 80 valence electrons. The fourth-order valence-corrected chi connectivity index (χ4v) is 1.73. The van der Waals surface area contributed by atoms with E-state index < -0.39 is 0 Å². The fourth-order valence-electron chi connectivity index (χ4n) is 1.73. The molecule has 1 saturated heterocycles. The van der Waals surface area contributed by atoms with Gasteiger partial charge in [-0.3, -0.25) is 4.79 Å². The van der Waals surface area contributed by atoms with Gasteiger partial charge in [0.1, 0.15) is 0 Å². The van der Waals surface area contributed by atoms with Crippen LogP contribution in [0.2, 0.25) is 0 Å². The minimum absolute atomic E-state index is 0.121. The minimum Gasteiger partial charge on any atom is -0.326 e. The molecule has 0 atom stereocenters. The van der Waals surface area contributed by atoms with Crippen LogP contribution in [-0.4, -0.2) is 25.5 Å². The summed E-state index contributed by atoms with van der Waals surface area (Å²) < 4.78 is 0. The first-order valence-corrected chi connectivity index (χ1v) is 5.11. The summed E-state index contributed by atoms with van der Waals surface area (Å²) in [5.74, 6) is 0.121. The summed E-state index contributed by atoms with van der Waals surface area (Å²) in [4.78, 5) is 13.4. The van der Waals surface area contributed by atoms with Crippen LogP contribution in [0.15, 0.2) is 24.3 Å². The lowest BCUT2D eigenvalue weighted by atomic mass is 10.1. The highest BCUT2D eigenvalue weighted by Gasteiger charge is 2.18. The van der Waals surface area contributed by atoms with Crippen LogP contribution in [0.1, 0.15) is 5.56 Å². The molecule has 0 spiro atoms. The molecule has 0 saturated carbocycles. The zero-order chi connectivity index (χ0) is 10.7. The fraction of sp³-hybridized carbons (Fsp3) is 0.364. The molecule has 3 N–H and O–H groups in total. The molecule has 1 aromatic rings. The van der Waals surface area contributed by atoms with Gasteiger partial charge in [-0.1, -0.05) is 12.1 Å². The zero-order valence-corrected chi connectivity index (χ0v) is 8.57. The number of amides is 1. The van der Waals surface area contributed by atoms with Crippen molar-refractivity contribution < 1.29 is 4.79 Å². The summed E-state index contributed by atoms with van der Waals surface area (Å²) >= 11 is 0. The number of nitrogens with two attached hydrogens (primary N) is 1. The van der Waals surface area contributed by atoms with E-state index in [0.717, 1.165) is 24.3 Å². The maximum absolute atomic E-state index is 11.6. The highest BCUT2D eigenvalue weighted by Crippen LogP contribution is 2.16. The monoisotopic (exact) mass is 205 g/mol. The van der Waals surface area contributed by atoms with Crippen molar-refractivity contribution in [1.82, 2.24) is 5.32 Å². The number of hydrogen-bond acceptors (Lipinski definition) is 3. The maximum Gasteiger partial charge on any atom is 0.240 e. The molecule has 1 fully saturated rings. The highest BCUT2D eigenvalue weighted by atomic mass is 16.2. The lowest BCUT2D eigenvalue weighted by Gasteiger charge is -2.27.